The Morgan fingerprint density at radius 1 is 0.519 bits per heavy atom. The van der Waals surface area contributed by atoms with Gasteiger partial charge < -0.3 is 57.9 Å². The van der Waals surface area contributed by atoms with E-state index in [0.29, 0.717) is 19.3 Å². The minimum Gasteiger partial charge on any atom is -0.870 e. The summed E-state index contributed by atoms with van der Waals surface area (Å²) in [6.07, 6.45) is 2.90. The van der Waals surface area contributed by atoms with E-state index in [4.69, 9.17) is 26.2 Å². The minimum absolute atomic E-state index is 0. The molecule has 0 aromatic carbocycles. The average molecular weight is 829 g/mol. The molecule has 3 aromatic rings. The second-order valence-corrected chi connectivity index (χ2v) is 11.2. The van der Waals surface area contributed by atoms with Gasteiger partial charge in [-0.1, -0.05) is 34.6 Å². The molecule has 0 radical (unpaired) electrons. The maximum absolute atomic E-state index is 9.48. The summed E-state index contributed by atoms with van der Waals surface area (Å²) < 4.78 is 0. The molecule has 0 amide bonds. The number of nitrogens with one attached hydrogen (secondary N) is 5. The van der Waals surface area contributed by atoms with Gasteiger partial charge in [0.25, 0.3) is 0 Å². The summed E-state index contributed by atoms with van der Waals surface area (Å²) in [5.41, 5.74) is 16.0. The van der Waals surface area contributed by atoms with E-state index in [0.717, 1.165) is 57.7 Å². The van der Waals surface area contributed by atoms with Crippen molar-refractivity contribution in [3.63, 3.8) is 0 Å². The van der Waals surface area contributed by atoms with Gasteiger partial charge in [-0.3, -0.25) is 0 Å². The van der Waals surface area contributed by atoms with Crippen molar-refractivity contribution in [2.75, 3.05) is 0 Å². The Kier molecular flexibility index (Phi) is 27.5. The smallest absolute Gasteiger partial charge is 0.870 e. The Labute approximate surface area is 332 Å². The van der Waals surface area contributed by atoms with Crippen molar-refractivity contribution >= 4 is 102 Å². The normalized spacial score (nSPS) is 10.7. The fraction of sp³-hybridized carbons (Fsp3) is 0.378. The van der Waals surface area contributed by atoms with Crippen LogP contribution in [0.3, 0.4) is 0 Å². The third kappa shape index (κ3) is 15.4. The summed E-state index contributed by atoms with van der Waals surface area (Å²) in [5.74, 6) is -1.49. The van der Waals surface area contributed by atoms with E-state index in [1.807, 2.05) is 0 Å². The Balaban J connectivity index is -0.000000493. The molecule has 15 heteroatoms. The molecule has 3 aromatic heterocycles. The minimum atomic E-state index is -0.495. The van der Waals surface area contributed by atoms with E-state index < -0.39 is 17.7 Å². The van der Waals surface area contributed by atoms with Crippen LogP contribution in [0.25, 0.3) is 44.4 Å². The molecular formula is C37H51Ga2N7O6. The van der Waals surface area contributed by atoms with Crippen molar-refractivity contribution < 1.29 is 31.7 Å². The van der Waals surface area contributed by atoms with Gasteiger partial charge in [-0.05, 0) is 147 Å². The predicted octanol–water partition coefficient (Wildman–Crippen LogP) is 5.52. The number of H-pyrrole nitrogens is 2. The molecule has 0 atom stereocenters. The molecule has 0 spiro atoms. The van der Waals surface area contributed by atoms with E-state index >= 15 is 0 Å². The van der Waals surface area contributed by atoms with Crippen molar-refractivity contribution in [3.05, 3.63) is 70.3 Å². The molecule has 13 nitrogen and oxygen atoms in total. The van der Waals surface area contributed by atoms with Gasteiger partial charge in [0.05, 0.1) is 22.8 Å². The number of aryl methyl sites for hydroxylation is 2. The molecule has 0 unspecified atom stereocenters. The fourth-order valence-corrected chi connectivity index (χ4v) is 4.90. The van der Waals surface area contributed by atoms with E-state index in [9.17, 15) is 15.3 Å². The third-order valence-corrected chi connectivity index (χ3v) is 7.74. The quantitative estimate of drug-likeness (QED) is 0.124. The van der Waals surface area contributed by atoms with Gasteiger partial charge in [-0.2, -0.15) is 0 Å². The maximum Gasteiger partial charge on any atom is 3.00 e. The SMILES string of the molecule is CCC(=N)[O-].CCC(=N)[O-].CCC(=N)[O-].CCC1=C(C)c2cc3[nH]c(cc3C)cc3cc(C)c(cc4nc(cc1n2)C(CC)=C4C)[nH]3.[Ga+3].[Ga+3].[OH-].[OH-].[OH-]. The van der Waals surface area contributed by atoms with Gasteiger partial charge in [-0.25, -0.2) is 9.97 Å². The molecular weight excluding hydrogens is 778 g/mol. The molecule has 5 rings (SSSR count). The van der Waals surface area contributed by atoms with Crippen LogP contribution in [0.5, 0.6) is 0 Å². The van der Waals surface area contributed by atoms with Gasteiger partial charge in [0.2, 0.25) is 0 Å². The van der Waals surface area contributed by atoms with Crippen LogP contribution in [0, 0.1) is 30.1 Å². The third-order valence-electron chi connectivity index (χ3n) is 7.74. The van der Waals surface area contributed by atoms with Gasteiger partial charge in [0.1, 0.15) is 0 Å². The standard InChI is InChI=1S/C28H30N4.3C3H7NO.2Ga.3H2O/c1-7-21-17(5)25-12-23-15(3)9-19(29-23)11-20-10-16(4)24(30-20)13-26-18(6)22(8-2)28(32-26)14-27(21)31-25;3*1-2-3(4)5;;;;;/h9-14,29-30H,7-8H2,1-6H3;3*2H2,1H3,(H2,4,5);;;3*1H2/q;;;;2*+3;;;/p-6. The monoisotopic (exact) mass is 827 g/mol. The zero-order chi connectivity index (χ0) is 35.4. The molecule has 2 aliphatic heterocycles. The molecule has 52 heavy (non-hydrogen) atoms. The molecule has 0 saturated heterocycles. The largest absolute Gasteiger partial charge is 3.00 e. The van der Waals surface area contributed by atoms with Crippen molar-refractivity contribution in [3.8, 4) is 0 Å². The number of fused-ring (bicyclic) bond motifs is 8. The van der Waals surface area contributed by atoms with Crippen LogP contribution >= 0.6 is 0 Å². The van der Waals surface area contributed by atoms with E-state index in [1.165, 1.54) is 33.4 Å². The first-order chi connectivity index (χ1) is 22.2. The zero-order valence-electron chi connectivity index (χ0n) is 31.6. The first-order valence-electron chi connectivity index (χ1n) is 16.0. The second-order valence-electron chi connectivity index (χ2n) is 11.2. The first kappa shape index (κ1) is 54.9. The molecule has 2 aliphatic rings. The summed E-state index contributed by atoms with van der Waals surface area (Å²) in [7, 11) is 0. The molecule has 8 N–H and O–H groups in total. The molecule has 5 heterocycles. The van der Waals surface area contributed by atoms with Crippen LogP contribution in [-0.2, 0) is 0 Å². The van der Waals surface area contributed by atoms with E-state index in [-0.39, 0.29) is 56.0 Å². The zero-order valence-corrected chi connectivity index (χ0v) is 36.5. The van der Waals surface area contributed by atoms with Crippen LogP contribution in [-0.4, -0.2) is 93.6 Å². The van der Waals surface area contributed by atoms with Crippen LogP contribution < -0.4 is 15.3 Å². The Morgan fingerprint density at radius 2 is 0.808 bits per heavy atom. The summed E-state index contributed by atoms with van der Waals surface area (Å²) in [4.78, 5) is 17.2. The summed E-state index contributed by atoms with van der Waals surface area (Å²) in [6, 6.07) is 13.1. The Bertz CT molecular complexity index is 1720. The van der Waals surface area contributed by atoms with Crippen molar-refractivity contribution in [1.29, 1.82) is 16.2 Å². The van der Waals surface area contributed by atoms with Crippen LogP contribution in [0.2, 0.25) is 0 Å². The molecule has 0 aliphatic carbocycles. The number of aromatic amines is 2. The fourth-order valence-electron chi connectivity index (χ4n) is 4.90. The topological polar surface area (TPSA) is 288 Å². The van der Waals surface area contributed by atoms with Crippen molar-refractivity contribution in [2.45, 2.75) is 94.4 Å². The maximum atomic E-state index is 9.48. The summed E-state index contributed by atoms with van der Waals surface area (Å²) >= 11 is 0. The summed E-state index contributed by atoms with van der Waals surface area (Å²) in [5, 5.41) is 47.0. The number of rotatable bonds is 5. The predicted molar refractivity (Wildman–Crippen MR) is 207 cm³/mol. The Morgan fingerprint density at radius 3 is 1.06 bits per heavy atom. The Hall–Kier alpha value is -3.84. The van der Waals surface area contributed by atoms with Gasteiger partial charge in [0.15, 0.2) is 0 Å². The van der Waals surface area contributed by atoms with E-state index in [1.54, 1.807) is 20.8 Å². The van der Waals surface area contributed by atoms with E-state index in [2.05, 4.69) is 87.9 Å². The van der Waals surface area contributed by atoms with Crippen molar-refractivity contribution in [1.82, 2.24) is 19.9 Å². The second kappa shape index (κ2) is 26.0. The van der Waals surface area contributed by atoms with Crippen LogP contribution in [0.15, 0.2) is 36.4 Å². The number of allylic oxidation sites excluding steroid dienone is 4. The van der Waals surface area contributed by atoms with Gasteiger partial charge in [-0.15, -0.1) is 0 Å². The van der Waals surface area contributed by atoms with Crippen LogP contribution in [0.1, 0.15) is 114 Å². The summed E-state index contributed by atoms with van der Waals surface area (Å²) in [6.45, 7) is 18.0. The number of nitrogens with zero attached hydrogens (tertiary/aromatic N) is 2. The van der Waals surface area contributed by atoms with Gasteiger partial charge in [0, 0.05) is 22.1 Å². The van der Waals surface area contributed by atoms with Crippen LogP contribution in [0.4, 0.5) is 0 Å². The molecule has 0 saturated carbocycles. The molecule has 0 fully saturated rings. The molecule has 8 bridgehead atoms. The number of hydrogen-bond donors (Lipinski definition) is 5. The molecule has 276 valence electrons. The van der Waals surface area contributed by atoms with Crippen molar-refractivity contribution in [2.24, 2.45) is 0 Å². The van der Waals surface area contributed by atoms with Gasteiger partial charge >= 0.3 is 39.6 Å². The number of hydrogen-bond acceptors (Lipinski definition) is 11. The first-order valence-corrected chi connectivity index (χ1v) is 16.0. The number of aromatic nitrogens is 4. The average Bonchev–Trinajstić information content (AvgIpc) is 3.73.